The third-order valence-electron chi connectivity index (χ3n) is 2.96. The third-order valence-corrected chi connectivity index (χ3v) is 2.96. The highest BCUT2D eigenvalue weighted by Crippen LogP contribution is 2.24. The quantitative estimate of drug-likeness (QED) is 0.744. The van der Waals surface area contributed by atoms with Crippen molar-refractivity contribution in [3.63, 3.8) is 0 Å². The van der Waals surface area contributed by atoms with E-state index < -0.39 is 17.7 Å². The van der Waals surface area contributed by atoms with E-state index in [1.165, 1.54) is 12.1 Å². The number of aromatic carboxylic acids is 1. The van der Waals surface area contributed by atoms with Gasteiger partial charge < -0.3 is 15.6 Å². The number of carboxylic acids is 1. The van der Waals surface area contributed by atoms with E-state index in [9.17, 15) is 9.59 Å². The molecular formula is C17H19N3O4. The Kier molecular flexibility index (Phi) is 4.73. The van der Waals surface area contributed by atoms with Gasteiger partial charge in [0.2, 0.25) is 0 Å². The second-order valence-corrected chi connectivity index (χ2v) is 6.14. The molecule has 0 atom stereocenters. The van der Waals surface area contributed by atoms with Crippen LogP contribution in [-0.4, -0.2) is 27.8 Å². The van der Waals surface area contributed by atoms with Crippen LogP contribution in [0.3, 0.4) is 0 Å². The molecule has 4 N–H and O–H groups in total. The van der Waals surface area contributed by atoms with Gasteiger partial charge in [-0.05, 0) is 45.0 Å². The molecular weight excluding hydrogens is 310 g/mol. The van der Waals surface area contributed by atoms with E-state index >= 15 is 0 Å². The minimum atomic E-state index is -1.09. The zero-order valence-corrected chi connectivity index (χ0v) is 13.7. The van der Waals surface area contributed by atoms with Crippen molar-refractivity contribution in [2.45, 2.75) is 26.4 Å². The highest BCUT2D eigenvalue weighted by Gasteiger charge is 2.17. The Hall–Kier alpha value is -3.09. The fraction of sp³-hybridized carbons (Fsp3) is 0.235. The summed E-state index contributed by atoms with van der Waals surface area (Å²) in [4.78, 5) is 27.1. The Morgan fingerprint density at radius 3 is 2.50 bits per heavy atom. The first-order valence-electron chi connectivity index (χ1n) is 7.26. The van der Waals surface area contributed by atoms with E-state index in [1.54, 1.807) is 45.0 Å². The molecule has 2 rings (SSSR count). The summed E-state index contributed by atoms with van der Waals surface area (Å²) in [5.41, 5.74) is 6.51. The lowest BCUT2D eigenvalue weighted by Crippen LogP contribution is -2.27. The lowest BCUT2D eigenvalue weighted by molar-refractivity contribution is 0.0633. The standard InChI is InChI=1S/C17H19N3O4/c1-17(2,3)24-16(23)20-14-6-4-5-13(19-14)10-7-8-11(15(21)22)12(18)9-10/h4-9H,18H2,1-3H3,(H,21,22)(H,19,20,23). The minimum absolute atomic E-state index is 0.0294. The Bertz CT molecular complexity index is 782. The van der Waals surface area contributed by atoms with E-state index in [4.69, 9.17) is 15.6 Å². The molecule has 2 aromatic rings. The maximum Gasteiger partial charge on any atom is 0.413 e. The van der Waals surface area contributed by atoms with Gasteiger partial charge in [0.05, 0.1) is 11.3 Å². The van der Waals surface area contributed by atoms with Crippen LogP contribution in [-0.2, 0) is 4.74 Å². The number of aromatic nitrogens is 1. The van der Waals surface area contributed by atoms with Crippen molar-refractivity contribution >= 4 is 23.6 Å². The van der Waals surface area contributed by atoms with Gasteiger partial charge in [-0.2, -0.15) is 0 Å². The van der Waals surface area contributed by atoms with Crippen molar-refractivity contribution in [2.75, 3.05) is 11.1 Å². The molecule has 7 nitrogen and oxygen atoms in total. The number of nitrogens with zero attached hydrogens (tertiary/aromatic N) is 1. The number of nitrogen functional groups attached to an aromatic ring is 1. The van der Waals surface area contributed by atoms with Gasteiger partial charge in [0.1, 0.15) is 11.4 Å². The Morgan fingerprint density at radius 1 is 1.21 bits per heavy atom. The van der Waals surface area contributed by atoms with Crippen molar-refractivity contribution < 1.29 is 19.4 Å². The monoisotopic (exact) mass is 329 g/mol. The van der Waals surface area contributed by atoms with Crippen LogP contribution in [0.15, 0.2) is 36.4 Å². The molecule has 24 heavy (non-hydrogen) atoms. The van der Waals surface area contributed by atoms with Crippen LogP contribution in [0.5, 0.6) is 0 Å². The van der Waals surface area contributed by atoms with E-state index in [2.05, 4.69) is 10.3 Å². The first kappa shape index (κ1) is 17.3. The topological polar surface area (TPSA) is 115 Å². The van der Waals surface area contributed by atoms with Crippen LogP contribution in [0.4, 0.5) is 16.3 Å². The highest BCUT2D eigenvalue weighted by molar-refractivity contribution is 5.94. The van der Waals surface area contributed by atoms with Gasteiger partial charge in [-0.1, -0.05) is 12.1 Å². The maximum absolute atomic E-state index is 11.8. The largest absolute Gasteiger partial charge is 0.478 e. The summed E-state index contributed by atoms with van der Waals surface area (Å²) in [6, 6.07) is 9.64. The molecule has 1 aromatic heterocycles. The van der Waals surface area contributed by atoms with Crippen molar-refractivity contribution in [3.8, 4) is 11.3 Å². The third kappa shape index (κ3) is 4.45. The molecule has 0 aliphatic heterocycles. The molecule has 0 saturated carbocycles. The zero-order chi connectivity index (χ0) is 17.9. The van der Waals surface area contributed by atoms with Gasteiger partial charge in [-0.25, -0.2) is 14.6 Å². The van der Waals surface area contributed by atoms with Gasteiger partial charge in [-0.15, -0.1) is 0 Å². The van der Waals surface area contributed by atoms with Crippen LogP contribution in [0.25, 0.3) is 11.3 Å². The smallest absolute Gasteiger partial charge is 0.413 e. The number of pyridine rings is 1. The normalized spacial score (nSPS) is 11.0. The average molecular weight is 329 g/mol. The molecule has 126 valence electrons. The number of amides is 1. The maximum atomic E-state index is 11.8. The summed E-state index contributed by atoms with van der Waals surface area (Å²) in [6.45, 7) is 5.30. The number of benzene rings is 1. The van der Waals surface area contributed by atoms with Crippen LogP contribution in [0.1, 0.15) is 31.1 Å². The number of ether oxygens (including phenoxy) is 1. The number of carbonyl (C=O) groups excluding carboxylic acids is 1. The number of nitrogens with two attached hydrogens (primary N) is 1. The van der Waals surface area contributed by atoms with Gasteiger partial charge in [0.25, 0.3) is 0 Å². The van der Waals surface area contributed by atoms with E-state index in [-0.39, 0.29) is 11.3 Å². The lowest BCUT2D eigenvalue weighted by Gasteiger charge is -2.19. The first-order chi connectivity index (χ1) is 11.2. The number of rotatable bonds is 3. The Balaban J connectivity index is 2.23. The summed E-state index contributed by atoms with van der Waals surface area (Å²) in [6.07, 6.45) is -0.604. The molecule has 0 spiro atoms. The molecule has 0 saturated heterocycles. The average Bonchev–Trinajstić information content (AvgIpc) is 2.44. The van der Waals surface area contributed by atoms with Crippen LogP contribution in [0.2, 0.25) is 0 Å². The number of carbonyl (C=O) groups is 2. The minimum Gasteiger partial charge on any atom is -0.478 e. The van der Waals surface area contributed by atoms with Crippen molar-refractivity contribution in [2.24, 2.45) is 0 Å². The molecule has 0 unspecified atom stereocenters. The molecule has 0 bridgehead atoms. The summed E-state index contributed by atoms with van der Waals surface area (Å²) >= 11 is 0. The van der Waals surface area contributed by atoms with Crippen molar-refractivity contribution in [1.29, 1.82) is 0 Å². The number of hydrogen-bond acceptors (Lipinski definition) is 5. The van der Waals surface area contributed by atoms with Gasteiger partial charge in [-0.3, -0.25) is 5.32 Å². The Morgan fingerprint density at radius 2 is 1.92 bits per heavy atom. The van der Waals surface area contributed by atoms with Crippen LogP contribution in [0, 0.1) is 0 Å². The fourth-order valence-electron chi connectivity index (χ4n) is 1.99. The number of nitrogens with one attached hydrogen (secondary N) is 1. The van der Waals surface area contributed by atoms with Crippen LogP contribution < -0.4 is 11.1 Å². The highest BCUT2D eigenvalue weighted by atomic mass is 16.6. The van der Waals surface area contributed by atoms with Crippen molar-refractivity contribution in [1.82, 2.24) is 4.98 Å². The van der Waals surface area contributed by atoms with Crippen molar-refractivity contribution in [3.05, 3.63) is 42.0 Å². The summed E-state index contributed by atoms with van der Waals surface area (Å²) in [5, 5.41) is 11.6. The summed E-state index contributed by atoms with van der Waals surface area (Å²) in [5.74, 6) is -0.769. The van der Waals surface area contributed by atoms with Gasteiger partial charge in [0, 0.05) is 11.3 Å². The number of hydrogen-bond donors (Lipinski definition) is 3. The molecule has 0 fully saturated rings. The predicted molar refractivity (Wildman–Crippen MR) is 90.9 cm³/mol. The molecule has 1 aromatic carbocycles. The van der Waals surface area contributed by atoms with Gasteiger partial charge >= 0.3 is 12.1 Å². The summed E-state index contributed by atoms with van der Waals surface area (Å²) < 4.78 is 5.17. The first-order valence-corrected chi connectivity index (χ1v) is 7.26. The Labute approximate surface area is 139 Å². The molecule has 0 aliphatic rings. The number of anilines is 2. The second kappa shape index (κ2) is 6.57. The number of carboxylic acid groups (broad SMARTS) is 1. The van der Waals surface area contributed by atoms with E-state index in [0.717, 1.165) is 0 Å². The molecule has 1 heterocycles. The van der Waals surface area contributed by atoms with Gasteiger partial charge in [0.15, 0.2) is 0 Å². The summed E-state index contributed by atoms with van der Waals surface area (Å²) in [7, 11) is 0. The van der Waals surface area contributed by atoms with E-state index in [1.807, 2.05) is 0 Å². The lowest BCUT2D eigenvalue weighted by atomic mass is 10.1. The van der Waals surface area contributed by atoms with E-state index in [0.29, 0.717) is 17.1 Å². The zero-order valence-electron chi connectivity index (χ0n) is 13.7. The predicted octanol–water partition coefficient (Wildman–Crippen LogP) is 3.38. The molecule has 7 heteroatoms. The molecule has 0 radical (unpaired) electrons. The molecule has 1 amide bonds. The van der Waals surface area contributed by atoms with Crippen LogP contribution >= 0.6 is 0 Å². The molecule has 0 aliphatic carbocycles. The SMILES string of the molecule is CC(C)(C)OC(=O)Nc1cccc(-c2ccc(C(=O)O)c(N)c2)n1. The fourth-order valence-corrected chi connectivity index (χ4v) is 1.99. The second-order valence-electron chi connectivity index (χ2n) is 6.14.